The molecule has 0 saturated carbocycles. The first-order valence-corrected chi connectivity index (χ1v) is 8.27. The van der Waals surface area contributed by atoms with Gasteiger partial charge < -0.3 is 14.8 Å². The first kappa shape index (κ1) is 22.7. The highest BCUT2D eigenvalue weighted by atomic mass is 16.5. The third-order valence-electron chi connectivity index (χ3n) is 3.57. The third kappa shape index (κ3) is 11.7. The van der Waals surface area contributed by atoms with Crippen LogP contribution in [0, 0.1) is 5.41 Å². The van der Waals surface area contributed by atoms with E-state index in [0.717, 1.165) is 19.4 Å². The second kappa shape index (κ2) is 12.0. The molecular weight excluding hydrogens is 266 g/mol. The lowest BCUT2D eigenvalue weighted by molar-refractivity contribution is -0.153. The molecule has 0 saturated heterocycles. The summed E-state index contributed by atoms with van der Waals surface area (Å²) in [6.07, 6.45) is 1.79. The molecule has 0 aliphatic heterocycles. The number of hydrogen-bond donors (Lipinski definition) is 1. The molecule has 0 aromatic rings. The summed E-state index contributed by atoms with van der Waals surface area (Å²) in [7, 11) is 0. The highest BCUT2D eigenvalue weighted by Crippen LogP contribution is 2.21. The quantitative estimate of drug-likeness (QED) is 0.493. The van der Waals surface area contributed by atoms with Crippen molar-refractivity contribution < 1.29 is 14.3 Å². The van der Waals surface area contributed by atoms with Crippen molar-refractivity contribution in [3.05, 3.63) is 0 Å². The maximum atomic E-state index is 11.7. The summed E-state index contributed by atoms with van der Waals surface area (Å²) >= 11 is 0. The van der Waals surface area contributed by atoms with Gasteiger partial charge in [-0.3, -0.25) is 4.79 Å². The predicted octanol–water partition coefficient (Wildman–Crippen LogP) is 3.79. The molecular formula is C17H37NO3. The van der Waals surface area contributed by atoms with Gasteiger partial charge in [-0.2, -0.15) is 0 Å². The van der Waals surface area contributed by atoms with Crippen molar-refractivity contribution in [2.75, 3.05) is 26.3 Å². The van der Waals surface area contributed by atoms with Gasteiger partial charge in [0.2, 0.25) is 0 Å². The minimum Gasteiger partial charge on any atom is -0.464 e. The summed E-state index contributed by atoms with van der Waals surface area (Å²) in [5.74, 6) is -0.125. The molecule has 0 spiro atoms. The Balaban J connectivity index is 0. The van der Waals surface area contributed by atoms with E-state index in [1.54, 1.807) is 0 Å². The maximum Gasteiger partial charge on any atom is 0.311 e. The van der Waals surface area contributed by atoms with Crippen molar-refractivity contribution in [3.63, 3.8) is 0 Å². The average molecular weight is 303 g/mol. The number of esters is 1. The lowest BCUT2D eigenvalue weighted by Gasteiger charge is -2.23. The second-order valence-corrected chi connectivity index (χ2v) is 6.09. The van der Waals surface area contributed by atoms with Gasteiger partial charge in [0, 0.05) is 13.1 Å². The number of carbonyl (C=O) groups excluding carboxylic acids is 1. The SMILES string of the molecule is CC.CCC(C)(C)OCCNCCOC(=O)C(C)(C)CC. The molecule has 21 heavy (non-hydrogen) atoms. The lowest BCUT2D eigenvalue weighted by Crippen LogP contribution is -2.32. The highest BCUT2D eigenvalue weighted by molar-refractivity contribution is 5.75. The van der Waals surface area contributed by atoms with Crippen molar-refractivity contribution in [2.24, 2.45) is 5.41 Å². The van der Waals surface area contributed by atoms with Gasteiger partial charge in [0.25, 0.3) is 0 Å². The largest absolute Gasteiger partial charge is 0.464 e. The van der Waals surface area contributed by atoms with E-state index >= 15 is 0 Å². The molecule has 0 aliphatic rings. The Hall–Kier alpha value is -0.610. The average Bonchev–Trinajstić information content (AvgIpc) is 2.47. The molecule has 4 heteroatoms. The number of nitrogens with one attached hydrogen (secondary N) is 1. The zero-order valence-electron chi connectivity index (χ0n) is 15.5. The minimum atomic E-state index is -0.381. The first-order valence-electron chi connectivity index (χ1n) is 8.27. The van der Waals surface area contributed by atoms with E-state index in [1.165, 1.54) is 0 Å². The molecule has 0 rings (SSSR count). The van der Waals surface area contributed by atoms with Crippen molar-refractivity contribution in [2.45, 2.75) is 73.8 Å². The zero-order valence-corrected chi connectivity index (χ0v) is 15.5. The summed E-state index contributed by atoms with van der Waals surface area (Å²) in [5, 5.41) is 3.20. The monoisotopic (exact) mass is 303 g/mol. The van der Waals surface area contributed by atoms with Gasteiger partial charge in [-0.15, -0.1) is 0 Å². The molecule has 0 radical (unpaired) electrons. The topological polar surface area (TPSA) is 47.6 Å². The number of rotatable bonds is 10. The second-order valence-electron chi connectivity index (χ2n) is 6.09. The standard InChI is InChI=1S/C15H31NO3.C2H6/c1-7-14(3,4)13(17)18-11-9-16-10-12-19-15(5,6)8-2;1-2/h16H,7-12H2,1-6H3;1-2H3. The number of hydrogen-bond acceptors (Lipinski definition) is 4. The van der Waals surface area contributed by atoms with E-state index in [1.807, 2.05) is 34.6 Å². The van der Waals surface area contributed by atoms with Crippen molar-refractivity contribution >= 4 is 5.97 Å². The Morgan fingerprint density at radius 3 is 1.95 bits per heavy atom. The van der Waals surface area contributed by atoms with Crippen molar-refractivity contribution in [3.8, 4) is 0 Å². The molecule has 128 valence electrons. The minimum absolute atomic E-state index is 0.0563. The fourth-order valence-corrected chi connectivity index (χ4v) is 1.18. The third-order valence-corrected chi connectivity index (χ3v) is 3.57. The number of ether oxygens (including phenoxy) is 2. The Kier molecular flexibility index (Phi) is 12.9. The summed E-state index contributed by atoms with van der Waals surface area (Å²) in [5.41, 5.74) is -0.437. The van der Waals surface area contributed by atoms with Crippen LogP contribution in [0.15, 0.2) is 0 Å². The molecule has 0 unspecified atom stereocenters. The fraction of sp³-hybridized carbons (Fsp3) is 0.941. The first-order chi connectivity index (χ1) is 9.75. The van der Waals surface area contributed by atoms with Gasteiger partial charge in [0.05, 0.1) is 17.6 Å². The van der Waals surface area contributed by atoms with E-state index in [9.17, 15) is 4.79 Å². The molecule has 0 amide bonds. The van der Waals surface area contributed by atoms with Crippen LogP contribution in [0.3, 0.4) is 0 Å². The zero-order chi connectivity index (χ0) is 16.9. The van der Waals surface area contributed by atoms with Gasteiger partial charge in [0.1, 0.15) is 6.61 Å². The van der Waals surface area contributed by atoms with Crippen molar-refractivity contribution in [1.29, 1.82) is 0 Å². The molecule has 4 nitrogen and oxygen atoms in total. The van der Waals surface area contributed by atoms with E-state index < -0.39 is 0 Å². The number of carbonyl (C=O) groups is 1. The Morgan fingerprint density at radius 1 is 0.952 bits per heavy atom. The van der Waals surface area contributed by atoms with Gasteiger partial charge in [-0.1, -0.05) is 27.7 Å². The van der Waals surface area contributed by atoms with E-state index in [-0.39, 0.29) is 17.0 Å². The Morgan fingerprint density at radius 2 is 1.48 bits per heavy atom. The van der Waals surface area contributed by atoms with Gasteiger partial charge in [0.15, 0.2) is 0 Å². The smallest absolute Gasteiger partial charge is 0.311 e. The van der Waals surface area contributed by atoms with Crippen LogP contribution < -0.4 is 5.32 Å². The van der Waals surface area contributed by atoms with Crippen LogP contribution in [0.1, 0.15) is 68.2 Å². The Bertz CT molecular complexity index is 263. The van der Waals surface area contributed by atoms with Crippen LogP contribution in [0.25, 0.3) is 0 Å². The van der Waals surface area contributed by atoms with Crippen LogP contribution in [-0.2, 0) is 14.3 Å². The summed E-state index contributed by atoms with van der Waals surface area (Å²) in [6.45, 7) is 18.6. The van der Waals surface area contributed by atoms with Gasteiger partial charge in [-0.05, 0) is 40.5 Å². The van der Waals surface area contributed by atoms with Crippen LogP contribution in [0.4, 0.5) is 0 Å². The molecule has 0 aromatic carbocycles. The lowest BCUT2D eigenvalue weighted by atomic mass is 9.91. The predicted molar refractivity (Wildman–Crippen MR) is 89.6 cm³/mol. The van der Waals surface area contributed by atoms with Crippen LogP contribution >= 0.6 is 0 Å². The molecule has 0 fully saturated rings. The Labute approximate surface area is 132 Å². The highest BCUT2D eigenvalue weighted by Gasteiger charge is 2.26. The maximum absolute atomic E-state index is 11.7. The molecule has 0 heterocycles. The molecule has 0 atom stereocenters. The van der Waals surface area contributed by atoms with E-state index in [2.05, 4.69) is 26.1 Å². The molecule has 0 bridgehead atoms. The van der Waals surface area contributed by atoms with Gasteiger partial charge >= 0.3 is 5.97 Å². The molecule has 1 N–H and O–H groups in total. The van der Waals surface area contributed by atoms with Crippen LogP contribution in [0.2, 0.25) is 0 Å². The van der Waals surface area contributed by atoms with Crippen LogP contribution in [0.5, 0.6) is 0 Å². The van der Waals surface area contributed by atoms with Gasteiger partial charge in [-0.25, -0.2) is 0 Å². The normalized spacial score (nSPS) is 11.6. The summed E-state index contributed by atoms with van der Waals surface area (Å²) in [4.78, 5) is 11.7. The van der Waals surface area contributed by atoms with Crippen LogP contribution in [-0.4, -0.2) is 37.9 Å². The summed E-state index contributed by atoms with van der Waals surface area (Å²) < 4.78 is 10.9. The molecule has 0 aromatic heterocycles. The van der Waals surface area contributed by atoms with Crippen molar-refractivity contribution in [1.82, 2.24) is 5.32 Å². The van der Waals surface area contributed by atoms with E-state index in [0.29, 0.717) is 19.8 Å². The fourth-order valence-electron chi connectivity index (χ4n) is 1.18. The summed E-state index contributed by atoms with van der Waals surface area (Å²) in [6, 6.07) is 0. The molecule has 0 aliphatic carbocycles. The van der Waals surface area contributed by atoms with E-state index in [4.69, 9.17) is 9.47 Å².